The Morgan fingerprint density at radius 1 is 0.456 bits per heavy atom. The van der Waals surface area contributed by atoms with Crippen LogP contribution in [0.5, 0.6) is 0 Å². The fraction of sp³-hybridized carbons (Fsp3) is 0.0189. The molecule has 1 aliphatic rings. The van der Waals surface area contributed by atoms with Crippen LogP contribution in [0.3, 0.4) is 0 Å². The molecule has 0 radical (unpaired) electrons. The fourth-order valence-electron chi connectivity index (χ4n) is 8.25. The smallest absolute Gasteiger partial charge is 0.136 e. The topological polar surface area (TPSA) is 28.4 Å². The summed E-state index contributed by atoms with van der Waals surface area (Å²) < 4.78 is 6.41. The second-order valence-corrected chi connectivity index (χ2v) is 15.7. The van der Waals surface area contributed by atoms with Crippen LogP contribution in [0.4, 0.5) is 22.7 Å². The Morgan fingerprint density at radius 3 is 1.81 bits per heavy atom. The summed E-state index contributed by atoms with van der Waals surface area (Å²) in [6, 6.07) is 74.0. The second-order valence-electron chi connectivity index (χ2n) is 14.6. The number of nitrogens with zero attached hydrogens (tertiary/aromatic N) is 1. The maximum absolute atomic E-state index is 6.41. The molecule has 2 heterocycles. The van der Waals surface area contributed by atoms with E-state index >= 15 is 0 Å². The highest BCUT2D eigenvalue weighted by Gasteiger charge is 2.27. The van der Waals surface area contributed by atoms with E-state index in [9.17, 15) is 0 Å². The van der Waals surface area contributed by atoms with Gasteiger partial charge in [-0.2, -0.15) is 0 Å². The van der Waals surface area contributed by atoms with Gasteiger partial charge in [-0.05, 0) is 105 Å². The molecule has 1 aliphatic heterocycles. The minimum Gasteiger partial charge on any atom is -0.456 e. The summed E-state index contributed by atoms with van der Waals surface area (Å²) >= 11 is 1.86. The van der Waals surface area contributed by atoms with E-state index in [1.165, 1.54) is 48.9 Å². The summed E-state index contributed by atoms with van der Waals surface area (Å²) in [4.78, 5) is 3.62. The van der Waals surface area contributed by atoms with E-state index in [2.05, 4.69) is 216 Å². The van der Waals surface area contributed by atoms with Gasteiger partial charge in [0.25, 0.3) is 0 Å². The zero-order valence-electron chi connectivity index (χ0n) is 31.0. The van der Waals surface area contributed by atoms with Gasteiger partial charge in [0.15, 0.2) is 0 Å². The van der Waals surface area contributed by atoms with Crippen LogP contribution in [-0.2, 0) is 0 Å². The van der Waals surface area contributed by atoms with Gasteiger partial charge in [0.05, 0.1) is 5.69 Å². The summed E-state index contributed by atoms with van der Waals surface area (Å²) in [7, 11) is 0. The number of fused-ring (bicyclic) bond motifs is 6. The highest BCUT2D eigenvalue weighted by Crippen LogP contribution is 2.52. The van der Waals surface area contributed by atoms with Crippen LogP contribution >= 0.6 is 11.8 Å². The number of anilines is 4. The average Bonchev–Trinajstić information content (AvgIpc) is 3.89. The first-order valence-electron chi connectivity index (χ1n) is 19.4. The van der Waals surface area contributed by atoms with Gasteiger partial charge in [-0.3, -0.25) is 0 Å². The molecule has 0 bridgehead atoms. The number of nitrogens with one attached hydrogen (secondary N) is 1. The Bertz CT molecular complexity index is 3060. The first-order valence-corrected chi connectivity index (χ1v) is 20.2. The van der Waals surface area contributed by atoms with Crippen LogP contribution < -0.4 is 10.2 Å². The van der Waals surface area contributed by atoms with Crippen LogP contribution in [0.25, 0.3) is 66.1 Å². The molecule has 0 amide bonds. The van der Waals surface area contributed by atoms with E-state index in [0.717, 1.165) is 50.4 Å². The van der Waals surface area contributed by atoms with E-state index in [1.54, 1.807) is 0 Å². The van der Waals surface area contributed by atoms with Crippen molar-refractivity contribution in [2.45, 2.75) is 10.3 Å². The van der Waals surface area contributed by atoms with Crippen LogP contribution in [0.15, 0.2) is 216 Å². The van der Waals surface area contributed by atoms with Crippen molar-refractivity contribution >= 4 is 67.2 Å². The fourth-order valence-corrected chi connectivity index (χ4v) is 9.55. The summed E-state index contributed by atoms with van der Waals surface area (Å²) in [6.45, 7) is 0. The molecule has 0 saturated carbocycles. The molecule has 0 aliphatic carbocycles. The molecule has 57 heavy (non-hydrogen) atoms. The monoisotopic (exact) mass is 748 g/mol. The van der Waals surface area contributed by atoms with Gasteiger partial charge in [-0.15, -0.1) is 0 Å². The molecule has 1 unspecified atom stereocenters. The summed E-state index contributed by atoms with van der Waals surface area (Å²) in [5.41, 5.74) is 14.6. The number of hydrogen-bond donors (Lipinski definition) is 1. The number of hydrogen-bond acceptors (Lipinski definition) is 4. The molecule has 0 spiro atoms. The molecule has 10 aromatic rings. The maximum atomic E-state index is 6.41. The minimum atomic E-state index is 0.164. The lowest BCUT2D eigenvalue weighted by atomic mass is 9.99. The lowest BCUT2D eigenvalue weighted by Crippen LogP contribution is -2.11. The Morgan fingerprint density at radius 2 is 1.05 bits per heavy atom. The molecule has 11 rings (SSSR count). The van der Waals surface area contributed by atoms with Crippen molar-refractivity contribution in [1.29, 1.82) is 0 Å². The zero-order valence-corrected chi connectivity index (χ0v) is 31.8. The summed E-state index contributed by atoms with van der Waals surface area (Å²) in [5, 5.41) is 8.70. The van der Waals surface area contributed by atoms with E-state index in [4.69, 9.17) is 4.42 Å². The summed E-state index contributed by atoms with van der Waals surface area (Å²) in [6.07, 6.45) is 0. The molecule has 0 saturated heterocycles. The first-order chi connectivity index (χ1) is 28.2. The van der Waals surface area contributed by atoms with Crippen LogP contribution in [0.1, 0.15) is 10.9 Å². The molecular weight excluding hydrogens is 713 g/mol. The highest BCUT2D eigenvalue weighted by molar-refractivity contribution is 8.00. The molecule has 1 atom stereocenters. The van der Waals surface area contributed by atoms with Crippen molar-refractivity contribution in [3.8, 4) is 33.4 Å². The van der Waals surface area contributed by atoms with Gasteiger partial charge >= 0.3 is 0 Å². The highest BCUT2D eigenvalue weighted by atomic mass is 32.2. The second kappa shape index (κ2) is 13.9. The van der Waals surface area contributed by atoms with E-state index < -0.39 is 0 Å². The number of benzene rings is 9. The zero-order chi connectivity index (χ0) is 37.7. The van der Waals surface area contributed by atoms with Crippen molar-refractivity contribution in [1.82, 2.24) is 0 Å². The molecule has 1 N–H and O–H groups in total. The van der Waals surface area contributed by atoms with Crippen molar-refractivity contribution < 1.29 is 4.42 Å². The van der Waals surface area contributed by atoms with Crippen molar-refractivity contribution in [2.24, 2.45) is 0 Å². The van der Waals surface area contributed by atoms with Crippen LogP contribution in [0.2, 0.25) is 0 Å². The Kier molecular flexibility index (Phi) is 8.15. The lowest BCUT2D eigenvalue weighted by Gasteiger charge is -2.28. The van der Waals surface area contributed by atoms with Crippen molar-refractivity contribution in [3.05, 3.63) is 212 Å². The van der Waals surface area contributed by atoms with Gasteiger partial charge in [-0.1, -0.05) is 157 Å². The molecular formula is C53H36N2OS. The van der Waals surface area contributed by atoms with Gasteiger partial charge in [0.1, 0.15) is 16.5 Å². The molecule has 3 nitrogen and oxygen atoms in total. The summed E-state index contributed by atoms with van der Waals surface area (Å²) in [5.74, 6) is 0. The van der Waals surface area contributed by atoms with Crippen molar-refractivity contribution in [3.63, 3.8) is 0 Å². The normalized spacial score (nSPS) is 13.5. The molecule has 4 heteroatoms. The number of furan rings is 1. The lowest BCUT2D eigenvalue weighted by molar-refractivity contribution is 0.668. The number of thioether (sulfide) groups is 1. The number of rotatable bonds is 7. The predicted octanol–water partition coefficient (Wildman–Crippen LogP) is 15.4. The van der Waals surface area contributed by atoms with Crippen LogP contribution in [0, 0.1) is 0 Å². The number of para-hydroxylation sites is 1. The third-order valence-corrected chi connectivity index (χ3v) is 12.4. The third kappa shape index (κ3) is 6.03. The van der Waals surface area contributed by atoms with E-state index in [0.29, 0.717) is 0 Å². The Hall–Kier alpha value is -7.01. The van der Waals surface area contributed by atoms with Gasteiger partial charge in [-0.25, -0.2) is 0 Å². The maximum Gasteiger partial charge on any atom is 0.136 e. The minimum absolute atomic E-state index is 0.164. The van der Waals surface area contributed by atoms with Gasteiger partial charge in [0, 0.05) is 38.3 Å². The first kappa shape index (κ1) is 33.3. The largest absolute Gasteiger partial charge is 0.456 e. The molecule has 9 aromatic carbocycles. The molecule has 0 fully saturated rings. The molecule has 1 aromatic heterocycles. The quantitative estimate of drug-likeness (QED) is 0.176. The molecule has 270 valence electrons. The third-order valence-electron chi connectivity index (χ3n) is 11.1. The SMILES string of the molecule is c1ccc(-c2ccccc2N(c2ccc(-c3ccc4ccccc4c3)cc2)c2ccc(-c3ccc4oc5ccc6c(c5c4c3)SC(c3ccccc3)N6)cc2)cc1. The van der Waals surface area contributed by atoms with E-state index in [1.807, 2.05) is 11.8 Å². The van der Waals surface area contributed by atoms with Gasteiger partial charge < -0.3 is 14.6 Å². The predicted molar refractivity (Wildman–Crippen MR) is 241 cm³/mol. The van der Waals surface area contributed by atoms with Gasteiger partial charge in [0.2, 0.25) is 0 Å². The average molecular weight is 749 g/mol. The van der Waals surface area contributed by atoms with Crippen LogP contribution in [-0.4, -0.2) is 0 Å². The Labute approximate surface area is 335 Å². The van der Waals surface area contributed by atoms with Crippen molar-refractivity contribution in [2.75, 3.05) is 10.2 Å². The Balaban J connectivity index is 0.975. The standard InChI is InChI=1S/C53H36N2OS/c1-3-12-38(13-4-1)45-17-9-10-18-48(45)55(43-26-21-36(22-27-43)41-20-19-35-11-7-8-16-40(35)33-41)44-28-23-37(24-29-44)42-25-31-49-46(34-42)51-50(56-49)32-30-47-52(51)57-53(54-47)39-14-5-2-6-15-39/h1-34,53-54H. The van der Waals surface area contributed by atoms with E-state index in [-0.39, 0.29) is 5.37 Å².